The van der Waals surface area contributed by atoms with E-state index >= 15 is 0 Å². The highest BCUT2D eigenvalue weighted by Crippen LogP contribution is 2.46. The number of thiophene rings is 2. The number of hydrogen-bond acceptors (Lipinski definition) is 10. The van der Waals surface area contributed by atoms with Crippen molar-refractivity contribution in [1.29, 1.82) is 0 Å². The molecule has 1 aliphatic rings. The fraction of sp³-hybridized carbons (Fsp3) is 0.0625. The Morgan fingerprint density at radius 3 is 0.935 bits per heavy atom. The highest BCUT2D eigenvalue weighted by atomic mass is 79.9. The smallest absolute Gasteiger partial charge is 0.399 e. The molecule has 19 rings (SSSR count). The van der Waals surface area contributed by atoms with E-state index in [1.807, 2.05) is 168 Å². The van der Waals surface area contributed by atoms with Gasteiger partial charge in [0.05, 0.1) is 11.2 Å². The minimum absolute atomic E-state index is 0.385. The van der Waals surface area contributed by atoms with Gasteiger partial charge in [-0.3, -0.25) is 0 Å². The molecule has 0 atom stereocenters. The van der Waals surface area contributed by atoms with Crippen LogP contribution >= 0.6 is 38.6 Å². The maximum Gasteiger partial charge on any atom is 0.496 e. The van der Waals surface area contributed by atoms with Crippen LogP contribution in [0.3, 0.4) is 0 Å². The summed E-state index contributed by atoms with van der Waals surface area (Å²) in [6, 6.07) is 122. The normalized spacial score (nSPS) is 12.9. The molecule has 18 aromatic rings. The van der Waals surface area contributed by atoms with Crippen LogP contribution in [0.15, 0.2) is 356 Å². The third kappa shape index (κ3) is 14.5. The summed E-state index contributed by atoms with van der Waals surface area (Å²) < 4.78 is 19.1. The third-order valence-corrected chi connectivity index (χ3v) is 23.0. The average molecular weight is 1490 g/mol. The van der Waals surface area contributed by atoms with Gasteiger partial charge in [-0.25, -0.2) is 29.9 Å². The van der Waals surface area contributed by atoms with Crippen molar-refractivity contribution in [3.8, 4) is 124 Å². The molecule has 12 heteroatoms. The van der Waals surface area contributed by atoms with Crippen molar-refractivity contribution in [3.63, 3.8) is 0 Å². The zero-order valence-electron chi connectivity index (χ0n) is 59.8. The van der Waals surface area contributed by atoms with Gasteiger partial charge in [0.15, 0.2) is 34.9 Å². The van der Waals surface area contributed by atoms with E-state index < -0.39 is 7.12 Å². The molecule has 4 aromatic heterocycles. The Balaban J connectivity index is 0.000000126. The third-order valence-electron chi connectivity index (χ3n) is 20.0. The first kappa shape index (κ1) is 69.1. The first-order valence-corrected chi connectivity index (χ1v) is 38.5. The average Bonchev–Trinajstić information content (AvgIpc) is 1.59. The molecule has 0 saturated carbocycles. The molecule has 0 aliphatic carbocycles. The second-order valence-corrected chi connectivity index (χ2v) is 30.7. The van der Waals surface area contributed by atoms with E-state index in [0.29, 0.717) is 34.9 Å². The largest absolute Gasteiger partial charge is 0.496 e. The molecular formula is C96H70BBrN6O2S2. The highest BCUT2D eigenvalue weighted by Gasteiger charge is 2.52. The number of benzene rings is 14. The molecule has 108 heavy (non-hydrogen) atoms. The quantitative estimate of drug-likeness (QED) is 0.112. The van der Waals surface area contributed by atoms with Gasteiger partial charge in [-0.05, 0) is 138 Å². The van der Waals surface area contributed by atoms with E-state index in [0.717, 1.165) is 48.9 Å². The number of fused-ring (bicyclic) bond motifs is 6. The Morgan fingerprint density at radius 1 is 0.250 bits per heavy atom. The standard InChI is InChI=1S/C45H29N3S.C30H27BO2S.C21H14BrN3/c1-5-14-30(15-6-1)34-24-25-41-39(27-34)40-29-37(31-16-7-2-8-17-31)28-38(42(40)49-41)35-22-13-23-36(26-35)45-47-43(32-18-9-3-10-19-32)46-44(48-45)33-20-11-4-12-21-33;1-29(2)30(3,4)33-31(32-29)26-19-23(21-13-9-6-10-14-21)18-25-24-17-22(20-11-7-5-8-12-20)15-16-27(24)34-28(25)26;22-18-13-7-12-17(14-18)21-24-19(15-8-3-1-4-9-15)23-20(25-21)16-10-5-2-6-11-16/h1-29H;5-19H,1-4H3;1-14H. The fourth-order valence-electron chi connectivity index (χ4n) is 13.7. The van der Waals surface area contributed by atoms with Crippen LogP contribution in [-0.4, -0.2) is 48.2 Å². The predicted octanol–water partition coefficient (Wildman–Crippen LogP) is 25.6. The van der Waals surface area contributed by atoms with Crippen molar-refractivity contribution in [3.05, 3.63) is 356 Å². The van der Waals surface area contributed by atoms with Crippen molar-refractivity contribution in [2.45, 2.75) is 38.9 Å². The van der Waals surface area contributed by atoms with E-state index in [4.69, 9.17) is 34.2 Å². The molecule has 1 aliphatic heterocycles. The van der Waals surface area contributed by atoms with Crippen molar-refractivity contribution in [2.24, 2.45) is 0 Å². The Kier molecular flexibility index (Phi) is 19.3. The first-order chi connectivity index (χ1) is 52.9. The molecule has 0 unspecified atom stereocenters. The Bertz CT molecular complexity index is 6120. The lowest BCUT2D eigenvalue weighted by atomic mass is 9.77. The maximum absolute atomic E-state index is 6.52. The summed E-state index contributed by atoms with van der Waals surface area (Å²) >= 11 is 7.19. The van der Waals surface area contributed by atoms with Gasteiger partial charge in [-0.2, -0.15) is 0 Å². The van der Waals surface area contributed by atoms with Crippen LogP contribution in [0.2, 0.25) is 0 Å². The molecule has 1 fully saturated rings. The minimum Gasteiger partial charge on any atom is -0.399 e. The molecule has 0 spiro atoms. The Hall–Kier alpha value is -12.0. The number of hydrogen-bond donors (Lipinski definition) is 0. The van der Waals surface area contributed by atoms with Crippen LogP contribution in [0.1, 0.15) is 27.7 Å². The van der Waals surface area contributed by atoms with Crippen LogP contribution in [-0.2, 0) is 9.31 Å². The van der Waals surface area contributed by atoms with Gasteiger partial charge >= 0.3 is 7.12 Å². The zero-order valence-corrected chi connectivity index (χ0v) is 63.0. The molecule has 8 nitrogen and oxygen atoms in total. The molecule has 0 radical (unpaired) electrons. The van der Waals surface area contributed by atoms with Crippen molar-refractivity contribution >= 4 is 91.5 Å². The lowest BCUT2D eigenvalue weighted by Gasteiger charge is -2.32. The summed E-state index contributed by atoms with van der Waals surface area (Å²) in [7, 11) is -0.405. The van der Waals surface area contributed by atoms with Crippen molar-refractivity contribution in [1.82, 2.24) is 29.9 Å². The number of nitrogens with zero attached hydrogens (tertiary/aromatic N) is 6. The molecule has 0 bridgehead atoms. The first-order valence-electron chi connectivity index (χ1n) is 36.1. The van der Waals surface area contributed by atoms with E-state index in [1.54, 1.807) is 0 Å². The summed E-state index contributed by atoms with van der Waals surface area (Å²) in [4.78, 5) is 29.0. The van der Waals surface area contributed by atoms with Gasteiger partial charge in [-0.15, -0.1) is 22.7 Å². The summed E-state index contributed by atoms with van der Waals surface area (Å²) in [5.74, 6) is 3.96. The molecular weight excluding hydrogens is 1420 g/mol. The summed E-state index contributed by atoms with van der Waals surface area (Å²) in [5, 5.41) is 5.06. The monoisotopic (exact) mass is 1490 g/mol. The molecule has 1 saturated heterocycles. The number of aromatic nitrogens is 6. The van der Waals surface area contributed by atoms with E-state index in [-0.39, 0.29) is 11.2 Å². The molecule has 0 N–H and O–H groups in total. The lowest BCUT2D eigenvalue weighted by Crippen LogP contribution is -2.41. The molecule has 0 amide bonds. The van der Waals surface area contributed by atoms with Crippen LogP contribution in [0.5, 0.6) is 0 Å². The minimum atomic E-state index is -0.405. The van der Waals surface area contributed by atoms with E-state index in [1.165, 1.54) is 90.4 Å². The molecule has 5 heterocycles. The Morgan fingerprint density at radius 2 is 0.546 bits per heavy atom. The van der Waals surface area contributed by atoms with Crippen LogP contribution in [0.4, 0.5) is 0 Å². The summed E-state index contributed by atoms with van der Waals surface area (Å²) in [5.41, 5.74) is 18.1. The molecule has 518 valence electrons. The van der Waals surface area contributed by atoms with E-state index in [2.05, 4.69) is 255 Å². The van der Waals surface area contributed by atoms with Crippen molar-refractivity contribution < 1.29 is 9.31 Å². The second kappa shape index (κ2) is 30.1. The maximum atomic E-state index is 6.52. The number of rotatable bonds is 12. The highest BCUT2D eigenvalue weighted by molar-refractivity contribution is 9.10. The molecule has 14 aromatic carbocycles. The van der Waals surface area contributed by atoms with Gasteiger partial charge in [-0.1, -0.05) is 307 Å². The lowest BCUT2D eigenvalue weighted by molar-refractivity contribution is 0.00578. The van der Waals surface area contributed by atoms with Crippen LogP contribution < -0.4 is 5.46 Å². The summed E-state index contributed by atoms with van der Waals surface area (Å²) in [6.07, 6.45) is 0. The van der Waals surface area contributed by atoms with Gasteiger partial charge in [0, 0.05) is 89.2 Å². The van der Waals surface area contributed by atoms with Gasteiger partial charge in [0.2, 0.25) is 0 Å². The predicted molar refractivity (Wildman–Crippen MR) is 455 cm³/mol. The van der Waals surface area contributed by atoms with Crippen molar-refractivity contribution in [2.75, 3.05) is 0 Å². The zero-order chi connectivity index (χ0) is 73.1. The van der Waals surface area contributed by atoms with Gasteiger partial charge in [0.25, 0.3) is 0 Å². The number of halogens is 1. The topological polar surface area (TPSA) is 95.8 Å². The van der Waals surface area contributed by atoms with Crippen LogP contribution in [0, 0.1) is 0 Å². The van der Waals surface area contributed by atoms with Gasteiger partial charge < -0.3 is 9.31 Å². The fourth-order valence-corrected chi connectivity index (χ4v) is 16.5. The summed E-state index contributed by atoms with van der Waals surface area (Å²) in [6.45, 7) is 8.45. The van der Waals surface area contributed by atoms with E-state index in [9.17, 15) is 0 Å². The SMILES string of the molecule is Brc1cccc(-c2nc(-c3ccccc3)nc(-c3ccccc3)n2)c1.CC1(C)OB(c2cc(-c3ccccc3)cc3c2sc2ccc(-c4ccccc4)cc23)OC1(C)C.c1ccc(-c2ccc3sc4c(-c5cccc(-c6nc(-c7ccccc7)nc(-c7ccccc7)n6)c5)cc(-c5ccccc5)cc4c3c2)cc1. The Labute approximate surface area is 645 Å². The second-order valence-electron chi connectivity index (χ2n) is 27.7. The van der Waals surface area contributed by atoms with Gasteiger partial charge in [0.1, 0.15) is 0 Å². The van der Waals surface area contributed by atoms with Crippen LogP contribution in [0.25, 0.3) is 164 Å².